The molecule has 2 aliphatic rings. The third-order valence-electron chi connectivity index (χ3n) is 4.18. The molecular formula is C13H25N3O. The van der Waals surface area contributed by atoms with Gasteiger partial charge >= 0.3 is 0 Å². The van der Waals surface area contributed by atoms with E-state index in [9.17, 15) is 4.79 Å². The number of hydrogen-bond donors (Lipinski definition) is 1. The zero-order chi connectivity index (χ0) is 12.3. The summed E-state index contributed by atoms with van der Waals surface area (Å²) < 4.78 is 0. The summed E-state index contributed by atoms with van der Waals surface area (Å²) in [6, 6.07) is 0.692. The zero-order valence-electron chi connectivity index (χ0n) is 11.1. The maximum absolute atomic E-state index is 12.4. The molecule has 4 nitrogen and oxygen atoms in total. The first-order valence-corrected chi connectivity index (χ1v) is 6.99. The Morgan fingerprint density at radius 1 is 1.35 bits per heavy atom. The molecule has 2 aliphatic heterocycles. The monoisotopic (exact) mass is 239 g/mol. The first-order valence-electron chi connectivity index (χ1n) is 6.99. The molecule has 2 rings (SSSR count). The number of nitrogens with one attached hydrogen (secondary N) is 1. The van der Waals surface area contributed by atoms with E-state index in [4.69, 9.17) is 0 Å². The van der Waals surface area contributed by atoms with Gasteiger partial charge in [-0.15, -0.1) is 0 Å². The maximum atomic E-state index is 12.4. The Hall–Kier alpha value is -0.610. The molecule has 0 aliphatic carbocycles. The van der Waals surface area contributed by atoms with Crippen molar-refractivity contribution < 1.29 is 4.79 Å². The SMILES string of the molecule is CCC1CCCN1C(C)C(=O)N1CCNCC1. The summed E-state index contributed by atoms with van der Waals surface area (Å²) >= 11 is 0. The zero-order valence-corrected chi connectivity index (χ0v) is 11.1. The number of piperazine rings is 1. The Labute approximate surface area is 104 Å². The van der Waals surface area contributed by atoms with Crippen LogP contribution in [-0.2, 0) is 4.79 Å². The van der Waals surface area contributed by atoms with Gasteiger partial charge in [0.15, 0.2) is 0 Å². The van der Waals surface area contributed by atoms with E-state index in [1.807, 2.05) is 4.90 Å². The predicted octanol–water partition coefficient (Wildman–Crippen LogP) is 0.681. The van der Waals surface area contributed by atoms with Gasteiger partial charge in [-0.3, -0.25) is 9.69 Å². The molecule has 0 aromatic carbocycles. The van der Waals surface area contributed by atoms with Crippen LogP contribution in [0.3, 0.4) is 0 Å². The van der Waals surface area contributed by atoms with Crippen LogP contribution >= 0.6 is 0 Å². The fourth-order valence-corrected chi connectivity index (χ4v) is 3.10. The molecule has 2 fully saturated rings. The average molecular weight is 239 g/mol. The van der Waals surface area contributed by atoms with Crippen molar-refractivity contribution in [3.05, 3.63) is 0 Å². The summed E-state index contributed by atoms with van der Waals surface area (Å²) in [6.07, 6.45) is 3.67. The molecule has 0 spiro atoms. The number of carbonyl (C=O) groups is 1. The van der Waals surface area contributed by atoms with Crippen LogP contribution in [0.25, 0.3) is 0 Å². The predicted molar refractivity (Wildman–Crippen MR) is 68.9 cm³/mol. The minimum atomic E-state index is 0.0700. The molecule has 1 N–H and O–H groups in total. The number of amides is 1. The summed E-state index contributed by atoms with van der Waals surface area (Å²) in [5.41, 5.74) is 0. The molecule has 2 unspecified atom stereocenters. The molecule has 98 valence electrons. The van der Waals surface area contributed by atoms with Gasteiger partial charge in [0.05, 0.1) is 6.04 Å². The largest absolute Gasteiger partial charge is 0.339 e. The second-order valence-corrected chi connectivity index (χ2v) is 5.19. The van der Waals surface area contributed by atoms with Gasteiger partial charge in [-0.05, 0) is 32.7 Å². The van der Waals surface area contributed by atoms with E-state index in [0.717, 1.165) is 32.7 Å². The second-order valence-electron chi connectivity index (χ2n) is 5.19. The van der Waals surface area contributed by atoms with Crippen LogP contribution in [0.15, 0.2) is 0 Å². The molecule has 2 saturated heterocycles. The molecule has 2 atom stereocenters. The summed E-state index contributed by atoms with van der Waals surface area (Å²) in [7, 11) is 0. The summed E-state index contributed by atoms with van der Waals surface area (Å²) in [6.45, 7) is 9.02. The molecule has 2 heterocycles. The topological polar surface area (TPSA) is 35.6 Å². The van der Waals surface area contributed by atoms with Gasteiger partial charge in [0.25, 0.3) is 0 Å². The normalized spacial score (nSPS) is 28.4. The Balaban J connectivity index is 1.93. The number of carbonyl (C=O) groups excluding carboxylic acids is 1. The van der Waals surface area contributed by atoms with Gasteiger partial charge in [0, 0.05) is 32.2 Å². The van der Waals surface area contributed by atoms with Crippen molar-refractivity contribution in [3.63, 3.8) is 0 Å². The standard InChI is InChI=1S/C13H25N3O/c1-3-12-5-4-8-16(12)11(2)13(17)15-9-6-14-7-10-15/h11-12,14H,3-10H2,1-2H3. The second kappa shape index (κ2) is 5.83. The molecule has 0 saturated carbocycles. The van der Waals surface area contributed by atoms with Crippen molar-refractivity contribution in [2.24, 2.45) is 0 Å². The van der Waals surface area contributed by atoms with Crippen molar-refractivity contribution in [1.82, 2.24) is 15.1 Å². The minimum absolute atomic E-state index is 0.0700. The van der Waals surface area contributed by atoms with Crippen LogP contribution in [-0.4, -0.2) is 60.5 Å². The number of hydrogen-bond acceptors (Lipinski definition) is 3. The Morgan fingerprint density at radius 3 is 2.71 bits per heavy atom. The fourth-order valence-electron chi connectivity index (χ4n) is 3.10. The highest BCUT2D eigenvalue weighted by molar-refractivity contribution is 5.81. The smallest absolute Gasteiger partial charge is 0.239 e. The van der Waals surface area contributed by atoms with Crippen LogP contribution < -0.4 is 5.32 Å². The molecule has 4 heteroatoms. The molecule has 17 heavy (non-hydrogen) atoms. The minimum Gasteiger partial charge on any atom is -0.339 e. The summed E-state index contributed by atoms with van der Waals surface area (Å²) in [4.78, 5) is 16.8. The van der Waals surface area contributed by atoms with Gasteiger partial charge in [0.1, 0.15) is 0 Å². The fraction of sp³-hybridized carbons (Fsp3) is 0.923. The summed E-state index contributed by atoms with van der Waals surface area (Å²) in [5.74, 6) is 0.326. The first-order chi connectivity index (χ1) is 8.24. The molecule has 0 aromatic rings. The number of likely N-dealkylation sites (tertiary alicyclic amines) is 1. The van der Waals surface area contributed by atoms with E-state index in [1.54, 1.807) is 0 Å². The lowest BCUT2D eigenvalue weighted by atomic mass is 10.1. The van der Waals surface area contributed by atoms with Crippen LogP contribution in [0.2, 0.25) is 0 Å². The van der Waals surface area contributed by atoms with Gasteiger partial charge in [-0.25, -0.2) is 0 Å². The highest BCUT2D eigenvalue weighted by atomic mass is 16.2. The van der Waals surface area contributed by atoms with E-state index < -0.39 is 0 Å². The van der Waals surface area contributed by atoms with E-state index in [0.29, 0.717) is 11.9 Å². The third-order valence-corrected chi connectivity index (χ3v) is 4.18. The lowest BCUT2D eigenvalue weighted by Gasteiger charge is -2.35. The molecule has 0 bridgehead atoms. The van der Waals surface area contributed by atoms with Crippen LogP contribution in [0.4, 0.5) is 0 Å². The van der Waals surface area contributed by atoms with Crippen LogP contribution in [0.5, 0.6) is 0 Å². The van der Waals surface area contributed by atoms with Gasteiger partial charge in [-0.2, -0.15) is 0 Å². The first kappa shape index (κ1) is 12.8. The van der Waals surface area contributed by atoms with Gasteiger partial charge in [0.2, 0.25) is 5.91 Å². The highest BCUT2D eigenvalue weighted by Crippen LogP contribution is 2.23. The van der Waals surface area contributed by atoms with Crippen LogP contribution in [0.1, 0.15) is 33.1 Å². The Bertz CT molecular complexity index is 263. The average Bonchev–Trinajstić information content (AvgIpc) is 2.86. The third kappa shape index (κ3) is 2.80. The van der Waals surface area contributed by atoms with E-state index in [-0.39, 0.29) is 6.04 Å². The molecular weight excluding hydrogens is 214 g/mol. The molecule has 1 amide bonds. The highest BCUT2D eigenvalue weighted by Gasteiger charge is 2.33. The van der Waals surface area contributed by atoms with Gasteiger partial charge in [-0.1, -0.05) is 6.92 Å². The van der Waals surface area contributed by atoms with E-state index in [2.05, 4.69) is 24.1 Å². The lowest BCUT2D eigenvalue weighted by molar-refractivity contribution is -0.137. The molecule has 0 aromatic heterocycles. The number of rotatable bonds is 3. The van der Waals surface area contributed by atoms with E-state index >= 15 is 0 Å². The summed E-state index contributed by atoms with van der Waals surface area (Å²) in [5, 5.41) is 3.29. The lowest BCUT2D eigenvalue weighted by Crippen LogP contribution is -2.53. The Morgan fingerprint density at radius 2 is 2.06 bits per heavy atom. The van der Waals surface area contributed by atoms with Crippen molar-refractivity contribution in [3.8, 4) is 0 Å². The maximum Gasteiger partial charge on any atom is 0.239 e. The van der Waals surface area contributed by atoms with Crippen molar-refractivity contribution in [2.75, 3.05) is 32.7 Å². The Kier molecular flexibility index (Phi) is 4.40. The van der Waals surface area contributed by atoms with Crippen LogP contribution in [0, 0.1) is 0 Å². The van der Waals surface area contributed by atoms with Crippen molar-refractivity contribution in [2.45, 2.75) is 45.2 Å². The van der Waals surface area contributed by atoms with Gasteiger partial charge < -0.3 is 10.2 Å². The van der Waals surface area contributed by atoms with Crippen molar-refractivity contribution in [1.29, 1.82) is 0 Å². The molecule has 0 radical (unpaired) electrons. The quantitative estimate of drug-likeness (QED) is 0.787. The number of nitrogens with zero attached hydrogens (tertiary/aromatic N) is 2. The van der Waals surface area contributed by atoms with E-state index in [1.165, 1.54) is 19.3 Å². The van der Waals surface area contributed by atoms with Crippen molar-refractivity contribution >= 4 is 5.91 Å².